The zero-order valence-corrected chi connectivity index (χ0v) is 13.7. The quantitative estimate of drug-likeness (QED) is 0.696. The molecular weight excluding hydrogens is 326 g/mol. The Morgan fingerprint density at radius 3 is 3.04 bits per heavy atom. The highest BCUT2D eigenvalue weighted by atomic mass is 35.5. The van der Waals surface area contributed by atoms with Crippen LogP contribution in [0.15, 0.2) is 47.4 Å². The van der Waals surface area contributed by atoms with Gasteiger partial charge in [0.25, 0.3) is 0 Å². The summed E-state index contributed by atoms with van der Waals surface area (Å²) >= 11 is 6.12. The number of halogens is 1. The van der Waals surface area contributed by atoms with Crippen LogP contribution in [-0.4, -0.2) is 23.2 Å². The molecule has 122 valence electrons. The molecular formula is C16H16ClN7. The van der Waals surface area contributed by atoms with Crippen LogP contribution < -0.4 is 16.4 Å². The minimum absolute atomic E-state index is 0.337. The molecule has 24 heavy (non-hydrogen) atoms. The van der Waals surface area contributed by atoms with E-state index in [1.807, 2.05) is 12.1 Å². The van der Waals surface area contributed by atoms with E-state index < -0.39 is 0 Å². The molecule has 4 N–H and O–H groups in total. The van der Waals surface area contributed by atoms with Crippen LogP contribution in [0.25, 0.3) is 0 Å². The second-order valence-corrected chi connectivity index (χ2v) is 5.10. The van der Waals surface area contributed by atoms with E-state index in [2.05, 4.69) is 31.7 Å². The third-order valence-corrected chi connectivity index (χ3v) is 3.24. The van der Waals surface area contributed by atoms with Gasteiger partial charge in [0.05, 0.1) is 23.5 Å². The molecule has 1 heterocycles. The van der Waals surface area contributed by atoms with E-state index in [0.29, 0.717) is 34.6 Å². The van der Waals surface area contributed by atoms with Crippen molar-refractivity contribution >= 4 is 29.6 Å². The van der Waals surface area contributed by atoms with Gasteiger partial charge in [-0.15, -0.1) is 0 Å². The zero-order valence-electron chi connectivity index (χ0n) is 13.0. The first kappa shape index (κ1) is 17.2. The molecule has 8 heteroatoms. The molecule has 0 aliphatic heterocycles. The van der Waals surface area contributed by atoms with E-state index in [1.165, 1.54) is 12.4 Å². The molecule has 0 bridgehead atoms. The highest BCUT2D eigenvalue weighted by molar-refractivity contribution is 6.32. The van der Waals surface area contributed by atoms with Gasteiger partial charge in [0.15, 0.2) is 5.82 Å². The maximum Gasteiger partial charge on any atom is 0.229 e. The zero-order chi connectivity index (χ0) is 17.4. The summed E-state index contributed by atoms with van der Waals surface area (Å²) < 4.78 is 0. The predicted molar refractivity (Wildman–Crippen MR) is 95.8 cm³/mol. The van der Waals surface area contributed by atoms with Gasteiger partial charge in [-0.1, -0.05) is 23.7 Å². The Labute approximate surface area is 144 Å². The second-order valence-electron chi connectivity index (χ2n) is 4.69. The van der Waals surface area contributed by atoms with E-state index in [1.54, 1.807) is 25.4 Å². The smallest absolute Gasteiger partial charge is 0.229 e. The van der Waals surface area contributed by atoms with Crippen LogP contribution >= 0.6 is 11.6 Å². The SMILES string of the molecule is CN=CC(=CN)Nc1ncc(Cl)c(NCc2cccc(C#N)c2)n1. The first-order chi connectivity index (χ1) is 11.7. The highest BCUT2D eigenvalue weighted by Crippen LogP contribution is 2.20. The Morgan fingerprint density at radius 1 is 1.50 bits per heavy atom. The third kappa shape index (κ3) is 4.69. The summed E-state index contributed by atoms with van der Waals surface area (Å²) in [6.07, 6.45) is 4.41. The van der Waals surface area contributed by atoms with E-state index in [4.69, 9.17) is 22.6 Å². The third-order valence-electron chi connectivity index (χ3n) is 2.96. The molecule has 0 aliphatic rings. The highest BCUT2D eigenvalue weighted by Gasteiger charge is 2.06. The molecule has 0 radical (unpaired) electrons. The Morgan fingerprint density at radius 2 is 2.33 bits per heavy atom. The molecule has 0 fully saturated rings. The van der Waals surface area contributed by atoms with Crippen LogP contribution in [0.5, 0.6) is 0 Å². The lowest BCUT2D eigenvalue weighted by molar-refractivity contribution is 1.08. The summed E-state index contributed by atoms with van der Waals surface area (Å²) in [7, 11) is 1.64. The Kier molecular flexibility index (Phi) is 6.11. The second kappa shape index (κ2) is 8.50. The van der Waals surface area contributed by atoms with Gasteiger partial charge in [0, 0.05) is 26.0 Å². The van der Waals surface area contributed by atoms with Crippen LogP contribution in [0.3, 0.4) is 0 Å². The van der Waals surface area contributed by atoms with Crippen molar-refractivity contribution in [2.45, 2.75) is 6.54 Å². The lowest BCUT2D eigenvalue weighted by atomic mass is 10.1. The van der Waals surface area contributed by atoms with Crippen molar-refractivity contribution in [3.05, 3.63) is 58.5 Å². The van der Waals surface area contributed by atoms with Gasteiger partial charge in [-0.25, -0.2) is 4.98 Å². The van der Waals surface area contributed by atoms with Crippen LogP contribution in [0.4, 0.5) is 11.8 Å². The number of aromatic nitrogens is 2. The lowest BCUT2D eigenvalue weighted by Crippen LogP contribution is -2.09. The van der Waals surface area contributed by atoms with E-state index in [-0.39, 0.29) is 0 Å². The van der Waals surface area contributed by atoms with Crippen molar-refractivity contribution in [2.24, 2.45) is 10.7 Å². The van der Waals surface area contributed by atoms with Crippen molar-refractivity contribution in [1.82, 2.24) is 9.97 Å². The van der Waals surface area contributed by atoms with Gasteiger partial charge in [-0.3, -0.25) is 4.99 Å². The van der Waals surface area contributed by atoms with Crippen LogP contribution in [0.2, 0.25) is 5.02 Å². The first-order valence-electron chi connectivity index (χ1n) is 7.02. The minimum Gasteiger partial charge on any atom is -0.403 e. The maximum atomic E-state index is 8.93. The predicted octanol–water partition coefficient (Wildman–Crippen LogP) is 2.53. The van der Waals surface area contributed by atoms with Crippen LogP contribution in [-0.2, 0) is 6.54 Å². The van der Waals surface area contributed by atoms with Crippen molar-refractivity contribution in [1.29, 1.82) is 5.26 Å². The molecule has 1 aromatic carbocycles. The number of nitrogens with one attached hydrogen (secondary N) is 2. The molecule has 0 aliphatic carbocycles. The van der Waals surface area contributed by atoms with Crippen molar-refractivity contribution in [3.63, 3.8) is 0 Å². The Hall–Kier alpha value is -3.11. The first-order valence-corrected chi connectivity index (χ1v) is 7.40. The number of nitriles is 1. The normalized spacial score (nSPS) is 11.3. The van der Waals surface area contributed by atoms with Gasteiger partial charge < -0.3 is 16.4 Å². The van der Waals surface area contributed by atoms with Crippen molar-refractivity contribution < 1.29 is 0 Å². The van der Waals surface area contributed by atoms with Gasteiger partial charge >= 0.3 is 0 Å². The van der Waals surface area contributed by atoms with Gasteiger partial charge in [-0.05, 0) is 17.7 Å². The summed E-state index contributed by atoms with van der Waals surface area (Å²) in [4.78, 5) is 12.3. The molecule has 0 saturated carbocycles. The number of aliphatic imine (C=N–C) groups is 1. The Bertz CT molecular complexity index is 808. The minimum atomic E-state index is 0.337. The Balaban J connectivity index is 2.12. The number of nitrogens with zero attached hydrogens (tertiary/aromatic N) is 4. The molecule has 1 aromatic heterocycles. The fourth-order valence-electron chi connectivity index (χ4n) is 1.87. The average Bonchev–Trinajstić information content (AvgIpc) is 2.61. The molecule has 0 unspecified atom stereocenters. The number of hydrogen-bond acceptors (Lipinski definition) is 7. The van der Waals surface area contributed by atoms with E-state index in [0.717, 1.165) is 5.56 Å². The fourth-order valence-corrected chi connectivity index (χ4v) is 2.03. The van der Waals surface area contributed by atoms with Gasteiger partial charge in [-0.2, -0.15) is 10.2 Å². The number of rotatable bonds is 6. The van der Waals surface area contributed by atoms with Crippen LogP contribution in [0.1, 0.15) is 11.1 Å². The van der Waals surface area contributed by atoms with E-state index in [9.17, 15) is 0 Å². The monoisotopic (exact) mass is 341 g/mol. The molecule has 2 aromatic rings. The van der Waals surface area contributed by atoms with Crippen LogP contribution in [0, 0.1) is 11.3 Å². The fraction of sp³-hybridized carbons (Fsp3) is 0.125. The van der Waals surface area contributed by atoms with Gasteiger partial charge in [0.1, 0.15) is 5.02 Å². The maximum absolute atomic E-state index is 8.93. The molecule has 2 rings (SSSR count). The number of nitrogens with two attached hydrogens (primary N) is 1. The summed E-state index contributed by atoms with van der Waals surface area (Å²) in [6.45, 7) is 0.474. The topological polar surface area (TPSA) is 112 Å². The summed E-state index contributed by atoms with van der Waals surface area (Å²) in [5, 5.41) is 15.4. The number of hydrogen-bond donors (Lipinski definition) is 3. The molecule has 0 spiro atoms. The lowest BCUT2D eigenvalue weighted by Gasteiger charge is -2.10. The standard InChI is InChI=1S/C16H16ClN7/c1-20-9-13(7-19)23-16-22-10-14(17)15(24-16)21-8-12-4-2-3-11(5-12)6-18/h2-5,7,9-10H,8,19H2,1H3,(H2,21,22,23,24). The van der Waals surface area contributed by atoms with Crippen molar-refractivity contribution in [2.75, 3.05) is 17.7 Å². The summed E-state index contributed by atoms with van der Waals surface area (Å²) in [6, 6.07) is 9.39. The molecule has 0 saturated heterocycles. The average molecular weight is 342 g/mol. The number of anilines is 2. The molecule has 7 nitrogen and oxygen atoms in total. The summed E-state index contributed by atoms with van der Waals surface area (Å²) in [5.41, 5.74) is 7.60. The largest absolute Gasteiger partial charge is 0.403 e. The van der Waals surface area contributed by atoms with Gasteiger partial charge in [0.2, 0.25) is 5.95 Å². The summed E-state index contributed by atoms with van der Waals surface area (Å²) in [5.74, 6) is 0.811. The number of benzene rings is 1. The van der Waals surface area contributed by atoms with Crippen molar-refractivity contribution in [3.8, 4) is 6.07 Å². The molecule has 0 atom stereocenters. The molecule has 0 amide bonds. The number of allylic oxidation sites excluding steroid dienone is 1. The van der Waals surface area contributed by atoms with E-state index >= 15 is 0 Å².